The van der Waals surface area contributed by atoms with Gasteiger partial charge in [-0.15, -0.1) is 0 Å². The minimum Gasteiger partial charge on any atom is -0.481 e. The van der Waals surface area contributed by atoms with Crippen molar-refractivity contribution >= 4 is 11.9 Å². The molecule has 0 aliphatic heterocycles. The van der Waals surface area contributed by atoms with E-state index in [2.05, 4.69) is 5.32 Å². The summed E-state index contributed by atoms with van der Waals surface area (Å²) in [6, 6.07) is -0.654. The summed E-state index contributed by atoms with van der Waals surface area (Å²) in [5.41, 5.74) is 3.79. The van der Waals surface area contributed by atoms with E-state index in [-0.39, 0.29) is 5.91 Å². The molecule has 0 spiro atoms. The molecular formula is C13H26N2O4. The van der Waals surface area contributed by atoms with Crippen LogP contribution in [0.5, 0.6) is 0 Å². The van der Waals surface area contributed by atoms with E-state index in [9.17, 15) is 14.7 Å². The molecule has 0 radical (unpaired) electrons. The molecule has 112 valence electrons. The molecule has 0 aliphatic carbocycles. The maximum absolute atomic E-state index is 12.0. The molecule has 0 rings (SSSR count). The van der Waals surface area contributed by atoms with Crippen LogP contribution < -0.4 is 11.1 Å². The lowest BCUT2D eigenvalue weighted by Gasteiger charge is -2.39. The number of carboxylic acids is 1. The average Bonchev–Trinajstić information content (AvgIpc) is 2.27. The molecule has 0 aliphatic rings. The van der Waals surface area contributed by atoms with Crippen LogP contribution in [0.25, 0.3) is 0 Å². The van der Waals surface area contributed by atoms with Gasteiger partial charge in [0.2, 0.25) is 5.91 Å². The Labute approximate surface area is 114 Å². The van der Waals surface area contributed by atoms with Crippen LogP contribution in [-0.4, -0.2) is 42.3 Å². The molecule has 0 aromatic rings. The Balaban J connectivity index is 4.57. The number of rotatable bonds is 8. The number of hydrogen-bond acceptors (Lipinski definition) is 4. The summed E-state index contributed by atoms with van der Waals surface area (Å²) < 4.78 is 4.89. The van der Waals surface area contributed by atoms with Crippen molar-refractivity contribution in [1.82, 2.24) is 5.32 Å². The zero-order valence-electron chi connectivity index (χ0n) is 12.4. The number of amides is 1. The van der Waals surface area contributed by atoms with Gasteiger partial charge in [0.05, 0.1) is 17.0 Å². The Morgan fingerprint density at radius 3 is 2.26 bits per heavy atom. The van der Waals surface area contributed by atoms with Crippen molar-refractivity contribution in [3.8, 4) is 0 Å². The van der Waals surface area contributed by atoms with Crippen LogP contribution in [0.3, 0.4) is 0 Å². The molecule has 0 saturated heterocycles. The molecule has 0 heterocycles. The highest BCUT2D eigenvalue weighted by Crippen LogP contribution is 2.30. The minimum absolute atomic E-state index is 0.338. The number of carboxylic acid groups (broad SMARTS) is 1. The monoisotopic (exact) mass is 274 g/mol. The van der Waals surface area contributed by atoms with Crippen LogP contribution in [0.15, 0.2) is 0 Å². The standard InChI is InChI=1S/C13H26N2O4/c1-12(2,11(17)18)13(3,4)15-10(16)9(14)7-6-8-19-5/h9H,6-8,14H2,1-5H3,(H,15,16)(H,17,18). The van der Waals surface area contributed by atoms with Crippen LogP contribution in [0.1, 0.15) is 40.5 Å². The summed E-state index contributed by atoms with van der Waals surface area (Å²) in [6.07, 6.45) is 1.19. The number of hydrogen-bond donors (Lipinski definition) is 3. The summed E-state index contributed by atoms with van der Waals surface area (Å²) in [5, 5.41) is 11.9. The van der Waals surface area contributed by atoms with Gasteiger partial charge in [0.25, 0.3) is 0 Å². The molecule has 6 nitrogen and oxygen atoms in total. The molecule has 0 saturated carbocycles. The van der Waals surface area contributed by atoms with Gasteiger partial charge < -0.3 is 20.9 Å². The predicted octanol–water partition coefficient (Wildman–Crippen LogP) is 0.746. The highest BCUT2D eigenvalue weighted by molar-refractivity contribution is 5.84. The van der Waals surface area contributed by atoms with E-state index < -0.39 is 23.0 Å². The van der Waals surface area contributed by atoms with Crippen molar-refractivity contribution in [2.45, 2.75) is 52.1 Å². The van der Waals surface area contributed by atoms with E-state index in [1.807, 2.05) is 0 Å². The molecule has 19 heavy (non-hydrogen) atoms. The lowest BCUT2D eigenvalue weighted by atomic mass is 9.74. The molecule has 4 N–H and O–H groups in total. The van der Waals surface area contributed by atoms with E-state index >= 15 is 0 Å². The fraction of sp³-hybridized carbons (Fsp3) is 0.846. The average molecular weight is 274 g/mol. The molecule has 1 amide bonds. The number of ether oxygens (including phenoxy) is 1. The molecular weight excluding hydrogens is 248 g/mol. The van der Waals surface area contributed by atoms with Gasteiger partial charge in [-0.05, 0) is 40.5 Å². The molecule has 1 unspecified atom stereocenters. The summed E-state index contributed by atoms with van der Waals surface area (Å²) in [4.78, 5) is 23.2. The normalized spacial score (nSPS) is 14.0. The zero-order chi connectivity index (χ0) is 15.3. The Bertz CT molecular complexity index is 327. The Kier molecular flexibility index (Phi) is 6.45. The van der Waals surface area contributed by atoms with Crippen LogP contribution in [0.2, 0.25) is 0 Å². The van der Waals surface area contributed by atoms with Crippen LogP contribution in [0.4, 0.5) is 0 Å². The molecule has 0 fully saturated rings. The number of aliphatic carboxylic acids is 1. The van der Waals surface area contributed by atoms with Gasteiger partial charge in [0.15, 0.2) is 0 Å². The molecule has 0 aromatic heterocycles. The van der Waals surface area contributed by atoms with Crippen molar-refractivity contribution in [1.29, 1.82) is 0 Å². The summed E-state index contributed by atoms with van der Waals surface area (Å²) in [7, 11) is 1.59. The first-order valence-corrected chi connectivity index (χ1v) is 6.36. The lowest BCUT2D eigenvalue weighted by Crippen LogP contribution is -2.59. The van der Waals surface area contributed by atoms with Crippen molar-refractivity contribution in [2.24, 2.45) is 11.1 Å². The lowest BCUT2D eigenvalue weighted by molar-refractivity contribution is -0.151. The maximum Gasteiger partial charge on any atom is 0.311 e. The first kappa shape index (κ1) is 17.9. The van der Waals surface area contributed by atoms with E-state index in [1.165, 1.54) is 0 Å². The second kappa shape index (κ2) is 6.86. The van der Waals surface area contributed by atoms with Crippen LogP contribution >= 0.6 is 0 Å². The number of carbonyl (C=O) groups excluding carboxylic acids is 1. The summed E-state index contributed by atoms with van der Waals surface area (Å²) in [5.74, 6) is -1.30. The minimum atomic E-state index is -1.09. The summed E-state index contributed by atoms with van der Waals surface area (Å²) >= 11 is 0. The van der Waals surface area contributed by atoms with Gasteiger partial charge in [-0.1, -0.05) is 0 Å². The predicted molar refractivity (Wildman–Crippen MR) is 72.7 cm³/mol. The van der Waals surface area contributed by atoms with Crippen molar-refractivity contribution in [3.63, 3.8) is 0 Å². The zero-order valence-corrected chi connectivity index (χ0v) is 12.4. The number of nitrogens with two attached hydrogens (primary N) is 1. The van der Waals surface area contributed by atoms with Gasteiger partial charge in [-0.2, -0.15) is 0 Å². The largest absolute Gasteiger partial charge is 0.481 e. The first-order chi connectivity index (χ1) is 8.56. The number of nitrogens with one attached hydrogen (secondary N) is 1. The third-order valence-corrected chi connectivity index (χ3v) is 3.73. The maximum atomic E-state index is 12.0. The smallest absolute Gasteiger partial charge is 0.311 e. The molecule has 0 aromatic carbocycles. The van der Waals surface area contributed by atoms with Crippen molar-refractivity contribution in [3.05, 3.63) is 0 Å². The second-order valence-corrected chi connectivity index (χ2v) is 5.79. The highest BCUT2D eigenvalue weighted by atomic mass is 16.5. The van der Waals surface area contributed by atoms with Crippen molar-refractivity contribution < 1.29 is 19.4 Å². The van der Waals surface area contributed by atoms with Crippen LogP contribution in [-0.2, 0) is 14.3 Å². The molecule has 0 bridgehead atoms. The van der Waals surface area contributed by atoms with Crippen LogP contribution in [0, 0.1) is 5.41 Å². The van der Waals surface area contributed by atoms with E-state index in [4.69, 9.17) is 10.5 Å². The Morgan fingerprint density at radius 2 is 1.84 bits per heavy atom. The topological polar surface area (TPSA) is 102 Å². The SMILES string of the molecule is COCCCC(N)C(=O)NC(C)(C)C(C)(C)C(=O)O. The molecule has 1 atom stereocenters. The van der Waals surface area contributed by atoms with Gasteiger partial charge in [0, 0.05) is 13.7 Å². The van der Waals surface area contributed by atoms with Gasteiger partial charge in [-0.3, -0.25) is 9.59 Å². The van der Waals surface area contributed by atoms with E-state index in [0.29, 0.717) is 19.4 Å². The summed E-state index contributed by atoms with van der Waals surface area (Å²) in [6.45, 7) is 7.06. The highest BCUT2D eigenvalue weighted by Gasteiger charge is 2.44. The van der Waals surface area contributed by atoms with Crippen molar-refractivity contribution in [2.75, 3.05) is 13.7 Å². The second-order valence-electron chi connectivity index (χ2n) is 5.79. The fourth-order valence-corrected chi connectivity index (χ4v) is 1.40. The Hall–Kier alpha value is -1.14. The first-order valence-electron chi connectivity index (χ1n) is 6.36. The van der Waals surface area contributed by atoms with E-state index in [0.717, 1.165) is 0 Å². The van der Waals surface area contributed by atoms with Gasteiger partial charge in [0.1, 0.15) is 0 Å². The Morgan fingerprint density at radius 1 is 1.32 bits per heavy atom. The van der Waals surface area contributed by atoms with Gasteiger partial charge in [-0.25, -0.2) is 0 Å². The third-order valence-electron chi connectivity index (χ3n) is 3.73. The quantitative estimate of drug-likeness (QED) is 0.567. The third kappa shape index (κ3) is 4.80. The number of methoxy groups -OCH3 is 1. The van der Waals surface area contributed by atoms with Gasteiger partial charge >= 0.3 is 5.97 Å². The van der Waals surface area contributed by atoms with E-state index in [1.54, 1.807) is 34.8 Å². The molecule has 6 heteroatoms. The number of carbonyl (C=O) groups is 2. The fourth-order valence-electron chi connectivity index (χ4n) is 1.40.